The number of rotatable bonds is 13. The molecule has 0 bridgehead atoms. The molecule has 3 aromatic rings. The van der Waals surface area contributed by atoms with Gasteiger partial charge in [-0.2, -0.15) is 12.7 Å². The molecule has 0 aromatic heterocycles. The molecule has 0 radical (unpaired) electrons. The number of amides is 2. The van der Waals surface area contributed by atoms with Gasteiger partial charge in [0.25, 0.3) is 0 Å². The number of carbonyl (C=O) groups excluding carboxylic acids is 2. The summed E-state index contributed by atoms with van der Waals surface area (Å²) in [6, 6.07) is 21.8. The molecule has 0 aliphatic rings. The first-order valence-corrected chi connectivity index (χ1v) is 15.0. The van der Waals surface area contributed by atoms with Crippen LogP contribution < -0.4 is 9.62 Å². The van der Waals surface area contributed by atoms with Crippen molar-refractivity contribution in [3.8, 4) is 0 Å². The van der Waals surface area contributed by atoms with E-state index in [9.17, 15) is 18.0 Å². The summed E-state index contributed by atoms with van der Waals surface area (Å²) >= 11 is 12.4. The zero-order chi connectivity index (χ0) is 29.3. The summed E-state index contributed by atoms with van der Waals surface area (Å²) in [5, 5.41) is 3.57. The maximum atomic E-state index is 14.1. The van der Waals surface area contributed by atoms with Crippen molar-refractivity contribution >= 4 is 50.9 Å². The predicted octanol–water partition coefficient (Wildman–Crippen LogP) is 4.77. The van der Waals surface area contributed by atoms with Gasteiger partial charge in [0.1, 0.15) is 12.6 Å². The maximum absolute atomic E-state index is 14.1. The summed E-state index contributed by atoms with van der Waals surface area (Å²) < 4.78 is 28.8. The lowest BCUT2D eigenvalue weighted by Gasteiger charge is -2.34. The molecule has 0 saturated heterocycles. The Hall–Kier alpha value is -3.11. The summed E-state index contributed by atoms with van der Waals surface area (Å²) in [4.78, 5) is 29.1. The van der Waals surface area contributed by atoms with Crippen molar-refractivity contribution in [2.45, 2.75) is 32.4 Å². The van der Waals surface area contributed by atoms with Gasteiger partial charge < -0.3 is 10.2 Å². The molecule has 0 heterocycles. The molecule has 0 fully saturated rings. The van der Waals surface area contributed by atoms with Gasteiger partial charge in [0.2, 0.25) is 11.8 Å². The topological polar surface area (TPSA) is 90.0 Å². The first-order valence-electron chi connectivity index (χ1n) is 12.8. The van der Waals surface area contributed by atoms with E-state index in [1.165, 1.54) is 19.0 Å². The van der Waals surface area contributed by atoms with Crippen molar-refractivity contribution in [2.24, 2.45) is 0 Å². The second-order valence-electron chi connectivity index (χ2n) is 9.40. The summed E-state index contributed by atoms with van der Waals surface area (Å²) in [5.74, 6) is -0.881. The number of nitrogens with one attached hydrogen (secondary N) is 1. The lowest BCUT2D eigenvalue weighted by atomic mass is 10.0. The van der Waals surface area contributed by atoms with Crippen LogP contribution in [0.4, 0.5) is 5.69 Å². The second-order valence-corrected chi connectivity index (χ2v) is 12.3. The lowest BCUT2D eigenvalue weighted by molar-refractivity contribution is -0.140. The molecule has 8 nitrogen and oxygen atoms in total. The number of hydrogen-bond acceptors (Lipinski definition) is 4. The largest absolute Gasteiger partial charge is 0.354 e. The van der Waals surface area contributed by atoms with Crippen molar-refractivity contribution in [3.05, 3.63) is 100 Å². The van der Waals surface area contributed by atoms with E-state index in [1.807, 2.05) is 37.3 Å². The number of carbonyl (C=O) groups is 2. The molecule has 0 aliphatic heterocycles. The van der Waals surface area contributed by atoms with E-state index in [4.69, 9.17) is 23.2 Å². The van der Waals surface area contributed by atoms with Gasteiger partial charge in [-0.3, -0.25) is 9.59 Å². The van der Waals surface area contributed by atoms with Crippen LogP contribution >= 0.6 is 23.2 Å². The Morgan fingerprint density at radius 2 is 1.50 bits per heavy atom. The van der Waals surface area contributed by atoms with Crippen molar-refractivity contribution < 1.29 is 18.0 Å². The van der Waals surface area contributed by atoms with Crippen LogP contribution in [0.15, 0.2) is 78.9 Å². The Morgan fingerprint density at radius 1 is 0.875 bits per heavy atom. The molecule has 214 valence electrons. The molecule has 11 heteroatoms. The standard InChI is InChI=1S/C29H34Cl2N4O4S/c1-4-17-32-29(37)27(19-22-11-7-5-8-12-22)34(20-23-15-16-25(30)26(31)18-23)28(36)21-35(40(38,39)33(2)3)24-13-9-6-10-14-24/h5-16,18,27H,4,17,19-21H2,1-3H3,(H,32,37). The molecule has 3 aromatic carbocycles. The summed E-state index contributed by atoms with van der Waals surface area (Å²) in [6.07, 6.45) is 0.947. The van der Waals surface area contributed by atoms with Gasteiger partial charge in [-0.25, -0.2) is 4.31 Å². The number of para-hydroxylation sites is 1. The molecule has 0 saturated carbocycles. The highest BCUT2D eigenvalue weighted by atomic mass is 35.5. The third kappa shape index (κ3) is 8.20. The minimum absolute atomic E-state index is 0.0113. The van der Waals surface area contributed by atoms with Crippen molar-refractivity contribution in [1.29, 1.82) is 0 Å². The van der Waals surface area contributed by atoms with Crippen LogP contribution in [-0.4, -0.2) is 62.7 Å². The van der Waals surface area contributed by atoms with Crippen LogP contribution in [-0.2, 0) is 32.8 Å². The van der Waals surface area contributed by atoms with Crippen LogP contribution in [0.3, 0.4) is 0 Å². The fraction of sp³-hybridized carbons (Fsp3) is 0.310. The Labute approximate surface area is 246 Å². The van der Waals surface area contributed by atoms with Gasteiger partial charge in [-0.15, -0.1) is 0 Å². The first kappa shape index (κ1) is 31.4. The van der Waals surface area contributed by atoms with Gasteiger partial charge in [0, 0.05) is 33.6 Å². The lowest BCUT2D eigenvalue weighted by Crippen LogP contribution is -2.54. The van der Waals surface area contributed by atoms with Crippen LogP contribution in [0.1, 0.15) is 24.5 Å². The molecule has 1 unspecified atom stereocenters. The van der Waals surface area contributed by atoms with Crippen LogP contribution in [0, 0.1) is 0 Å². The van der Waals surface area contributed by atoms with E-state index >= 15 is 0 Å². The molecule has 2 amide bonds. The average Bonchev–Trinajstić information content (AvgIpc) is 2.94. The SMILES string of the molecule is CCCNC(=O)C(Cc1ccccc1)N(Cc1ccc(Cl)c(Cl)c1)C(=O)CN(c1ccccc1)S(=O)(=O)N(C)C. The van der Waals surface area contributed by atoms with Crippen LogP contribution in [0.2, 0.25) is 10.0 Å². The minimum Gasteiger partial charge on any atom is -0.354 e. The average molecular weight is 606 g/mol. The third-order valence-electron chi connectivity index (χ3n) is 6.22. The summed E-state index contributed by atoms with van der Waals surface area (Å²) in [7, 11) is -1.24. The van der Waals surface area contributed by atoms with E-state index in [-0.39, 0.29) is 18.9 Å². The zero-order valence-electron chi connectivity index (χ0n) is 22.8. The van der Waals surface area contributed by atoms with E-state index in [2.05, 4.69) is 5.32 Å². The van der Waals surface area contributed by atoms with Crippen molar-refractivity contribution in [1.82, 2.24) is 14.5 Å². The Kier molecular flexibility index (Phi) is 11.4. The van der Waals surface area contributed by atoms with Gasteiger partial charge >= 0.3 is 10.2 Å². The number of nitrogens with zero attached hydrogens (tertiary/aromatic N) is 3. The van der Waals surface area contributed by atoms with Crippen molar-refractivity contribution in [3.63, 3.8) is 0 Å². The Balaban J connectivity index is 2.08. The van der Waals surface area contributed by atoms with Crippen LogP contribution in [0.25, 0.3) is 0 Å². The number of benzene rings is 3. The minimum atomic E-state index is -4.04. The normalized spacial score (nSPS) is 12.2. The first-order chi connectivity index (χ1) is 19.0. The number of anilines is 1. The van der Waals surface area contributed by atoms with E-state index < -0.39 is 28.7 Å². The quantitative estimate of drug-likeness (QED) is 0.304. The smallest absolute Gasteiger partial charge is 0.304 e. The Bertz CT molecular complexity index is 1390. The molecule has 3 rings (SSSR count). The predicted molar refractivity (Wildman–Crippen MR) is 161 cm³/mol. The highest BCUT2D eigenvalue weighted by Gasteiger charge is 2.34. The zero-order valence-corrected chi connectivity index (χ0v) is 25.1. The molecular weight excluding hydrogens is 571 g/mol. The van der Waals surface area contributed by atoms with Gasteiger partial charge in [0.15, 0.2) is 0 Å². The molecule has 1 atom stereocenters. The fourth-order valence-corrected chi connectivity index (χ4v) is 5.44. The fourth-order valence-electron chi connectivity index (χ4n) is 4.07. The van der Waals surface area contributed by atoms with E-state index in [0.717, 1.165) is 14.2 Å². The Morgan fingerprint density at radius 3 is 2.08 bits per heavy atom. The number of halogens is 2. The summed E-state index contributed by atoms with van der Waals surface area (Å²) in [6.45, 7) is 1.87. The molecule has 0 aliphatic carbocycles. The van der Waals surface area contributed by atoms with Crippen molar-refractivity contribution in [2.75, 3.05) is 31.5 Å². The van der Waals surface area contributed by atoms with Gasteiger partial charge in [-0.05, 0) is 41.8 Å². The second kappa shape index (κ2) is 14.5. The summed E-state index contributed by atoms with van der Waals surface area (Å²) in [5.41, 5.74) is 1.83. The number of hydrogen-bond donors (Lipinski definition) is 1. The maximum Gasteiger partial charge on any atom is 0.304 e. The van der Waals surface area contributed by atoms with Gasteiger partial charge in [-0.1, -0.05) is 84.7 Å². The van der Waals surface area contributed by atoms with Gasteiger partial charge in [0.05, 0.1) is 15.7 Å². The molecule has 0 spiro atoms. The highest BCUT2D eigenvalue weighted by Crippen LogP contribution is 2.25. The van der Waals surface area contributed by atoms with Crippen LogP contribution in [0.5, 0.6) is 0 Å². The molecule has 40 heavy (non-hydrogen) atoms. The van der Waals surface area contributed by atoms with E-state index in [1.54, 1.807) is 48.5 Å². The molecular formula is C29H34Cl2N4O4S. The molecule has 1 N–H and O–H groups in total. The third-order valence-corrected chi connectivity index (χ3v) is 8.78. The van der Waals surface area contributed by atoms with E-state index in [0.29, 0.717) is 34.3 Å². The monoisotopic (exact) mass is 604 g/mol. The highest BCUT2D eigenvalue weighted by molar-refractivity contribution is 7.90.